The second-order valence-electron chi connectivity index (χ2n) is 5.27. The van der Waals surface area contributed by atoms with Crippen molar-refractivity contribution in [3.8, 4) is 0 Å². The second-order valence-corrected chi connectivity index (χ2v) is 7.59. The van der Waals surface area contributed by atoms with Gasteiger partial charge in [0.2, 0.25) is 0 Å². The van der Waals surface area contributed by atoms with Gasteiger partial charge >= 0.3 is 6.09 Å². The molecule has 0 radical (unpaired) electrons. The lowest BCUT2D eigenvalue weighted by Gasteiger charge is -2.34. The molecule has 1 amide bonds. The zero-order chi connectivity index (χ0) is 12.6. The molecule has 0 aliphatic heterocycles. The lowest BCUT2D eigenvalue weighted by Crippen LogP contribution is -2.50. The van der Waals surface area contributed by atoms with Crippen LogP contribution >= 0.6 is 0 Å². The van der Waals surface area contributed by atoms with E-state index in [-0.39, 0.29) is 11.3 Å². The Labute approximate surface area is 96.5 Å². The molecule has 1 aliphatic carbocycles. The third kappa shape index (κ3) is 4.00. The predicted octanol–water partition coefficient (Wildman–Crippen LogP) is 1.09. The molecule has 6 heteroatoms. The molecular formula is C10H19NO4S. The summed E-state index contributed by atoms with van der Waals surface area (Å²) in [5.74, 6) is 0. The minimum absolute atomic E-state index is 0.0745. The van der Waals surface area contributed by atoms with Gasteiger partial charge in [-0.3, -0.25) is 0 Å². The number of hydrogen-bond donors (Lipinski definition) is 1. The van der Waals surface area contributed by atoms with E-state index in [2.05, 4.69) is 5.32 Å². The summed E-state index contributed by atoms with van der Waals surface area (Å²) in [7, 11) is -2.96. The first-order valence-electron chi connectivity index (χ1n) is 5.26. The lowest BCUT2D eigenvalue weighted by molar-refractivity contribution is 0.0481. The maximum Gasteiger partial charge on any atom is 0.407 e. The van der Waals surface area contributed by atoms with E-state index < -0.39 is 21.5 Å². The monoisotopic (exact) mass is 249 g/mol. The van der Waals surface area contributed by atoms with Gasteiger partial charge < -0.3 is 10.1 Å². The summed E-state index contributed by atoms with van der Waals surface area (Å²) in [4.78, 5) is 11.3. The van der Waals surface area contributed by atoms with E-state index in [1.54, 1.807) is 20.8 Å². The molecule has 0 atom stereocenters. The highest BCUT2D eigenvalue weighted by Gasteiger charge is 2.37. The number of alkyl carbamates (subject to hydrolysis) is 1. The maximum absolute atomic E-state index is 11.3. The highest BCUT2D eigenvalue weighted by molar-refractivity contribution is 7.91. The van der Waals surface area contributed by atoms with Crippen molar-refractivity contribution < 1.29 is 17.9 Å². The summed E-state index contributed by atoms with van der Waals surface area (Å²) in [6, 6.07) is -0.0745. The van der Waals surface area contributed by atoms with Crippen LogP contribution in [-0.2, 0) is 14.6 Å². The van der Waals surface area contributed by atoms with Crippen molar-refractivity contribution in [2.45, 2.75) is 50.5 Å². The number of rotatable bonds is 2. The van der Waals surface area contributed by atoms with Crippen molar-refractivity contribution in [1.82, 2.24) is 5.32 Å². The molecule has 16 heavy (non-hydrogen) atoms. The summed E-state index contributed by atoms with van der Waals surface area (Å²) in [5.41, 5.74) is -0.524. The molecule has 0 aromatic heterocycles. The van der Waals surface area contributed by atoms with Crippen LogP contribution in [0.15, 0.2) is 0 Å². The van der Waals surface area contributed by atoms with Crippen LogP contribution in [0.2, 0.25) is 0 Å². The van der Waals surface area contributed by atoms with Gasteiger partial charge in [-0.2, -0.15) is 0 Å². The number of hydrogen-bond acceptors (Lipinski definition) is 4. The van der Waals surface area contributed by atoms with Gasteiger partial charge in [-0.25, -0.2) is 13.2 Å². The Hall–Kier alpha value is -0.780. The fourth-order valence-corrected chi connectivity index (χ4v) is 2.67. The van der Waals surface area contributed by atoms with Crippen LogP contribution in [0.4, 0.5) is 4.79 Å². The highest BCUT2D eigenvalue weighted by atomic mass is 32.2. The van der Waals surface area contributed by atoms with Crippen LogP contribution in [0.3, 0.4) is 0 Å². The Bertz CT molecular complexity index is 363. The van der Waals surface area contributed by atoms with Crippen molar-refractivity contribution in [2.24, 2.45) is 0 Å². The minimum Gasteiger partial charge on any atom is -0.444 e. The normalized spacial score (nSPS) is 25.8. The van der Waals surface area contributed by atoms with Crippen molar-refractivity contribution in [1.29, 1.82) is 0 Å². The van der Waals surface area contributed by atoms with E-state index in [1.807, 2.05) is 0 Å². The highest BCUT2D eigenvalue weighted by Crippen LogP contribution is 2.26. The Morgan fingerprint density at radius 2 is 1.81 bits per heavy atom. The van der Waals surface area contributed by atoms with Crippen LogP contribution < -0.4 is 5.32 Å². The Balaban J connectivity index is 2.31. The largest absolute Gasteiger partial charge is 0.444 e. The van der Waals surface area contributed by atoms with E-state index in [0.717, 1.165) is 0 Å². The number of nitrogens with one attached hydrogen (secondary N) is 1. The van der Waals surface area contributed by atoms with E-state index in [9.17, 15) is 13.2 Å². The van der Waals surface area contributed by atoms with E-state index >= 15 is 0 Å². The number of ether oxygens (including phenoxy) is 1. The molecule has 5 nitrogen and oxygen atoms in total. The molecule has 1 N–H and O–H groups in total. The Morgan fingerprint density at radius 3 is 2.19 bits per heavy atom. The quantitative estimate of drug-likeness (QED) is 0.795. The molecule has 0 unspecified atom stereocenters. The smallest absolute Gasteiger partial charge is 0.407 e. The number of carbonyl (C=O) groups excluding carboxylic acids is 1. The molecule has 0 aromatic carbocycles. The third-order valence-electron chi connectivity index (χ3n) is 2.42. The molecule has 1 rings (SSSR count). The summed E-state index contributed by atoms with van der Waals surface area (Å²) in [6.07, 6.45) is 1.71. The van der Waals surface area contributed by atoms with Crippen molar-refractivity contribution in [3.63, 3.8) is 0 Å². The number of sulfone groups is 1. The Kier molecular flexibility index (Phi) is 3.52. The summed E-state index contributed by atoms with van der Waals surface area (Å²) < 4.78 is 27.3. The first-order chi connectivity index (χ1) is 7.08. The van der Waals surface area contributed by atoms with E-state index in [1.165, 1.54) is 6.26 Å². The van der Waals surface area contributed by atoms with Crippen LogP contribution in [0.5, 0.6) is 0 Å². The van der Waals surface area contributed by atoms with Gasteiger partial charge in [0.25, 0.3) is 0 Å². The average molecular weight is 249 g/mol. The zero-order valence-corrected chi connectivity index (χ0v) is 10.9. The molecule has 1 aliphatic rings. The zero-order valence-electron chi connectivity index (χ0n) is 10.1. The molecule has 0 saturated heterocycles. The molecule has 0 bridgehead atoms. The number of amides is 1. The molecule has 1 fully saturated rings. The number of carbonyl (C=O) groups is 1. The van der Waals surface area contributed by atoms with Gasteiger partial charge in [-0.15, -0.1) is 0 Å². The molecule has 0 aromatic rings. The summed E-state index contributed by atoms with van der Waals surface area (Å²) >= 11 is 0. The van der Waals surface area contributed by atoms with Crippen molar-refractivity contribution in [3.05, 3.63) is 0 Å². The lowest BCUT2D eigenvalue weighted by atomic mass is 9.92. The Morgan fingerprint density at radius 1 is 1.31 bits per heavy atom. The maximum atomic E-state index is 11.3. The predicted molar refractivity (Wildman–Crippen MR) is 61.0 cm³/mol. The topological polar surface area (TPSA) is 72.5 Å². The van der Waals surface area contributed by atoms with Crippen LogP contribution in [0.1, 0.15) is 33.6 Å². The van der Waals surface area contributed by atoms with E-state index in [4.69, 9.17) is 4.74 Å². The molecular weight excluding hydrogens is 230 g/mol. The molecule has 1 saturated carbocycles. The van der Waals surface area contributed by atoms with Crippen LogP contribution in [0.25, 0.3) is 0 Å². The standard InChI is InChI=1S/C10H19NO4S/c1-10(2,3)15-9(12)11-7-5-8(6-7)16(4,13)14/h7-8H,5-6H2,1-4H3,(H,11,12). The molecule has 94 valence electrons. The minimum atomic E-state index is -2.96. The van der Waals surface area contributed by atoms with Gasteiger partial charge in [-0.05, 0) is 33.6 Å². The van der Waals surface area contributed by atoms with Gasteiger partial charge in [0.1, 0.15) is 15.4 Å². The molecule has 0 heterocycles. The van der Waals surface area contributed by atoms with Gasteiger partial charge in [-0.1, -0.05) is 0 Å². The first kappa shape index (κ1) is 13.3. The van der Waals surface area contributed by atoms with E-state index in [0.29, 0.717) is 12.8 Å². The second kappa shape index (κ2) is 4.24. The summed E-state index contributed by atoms with van der Waals surface area (Å²) in [5, 5.41) is 2.34. The van der Waals surface area contributed by atoms with Gasteiger partial charge in [0, 0.05) is 12.3 Å². The fraction of sp³-hybridized carbons (Fsp3) is 0.900. The van der Waals surface area contributed by atoms with Gasteiger partial charge in [0.05, 0.1) is 5.25 Å². The molecule has 0 spiro atoms. The van der Waals surface area contributed by atoms with Crippen molar-refractivity contribution in [2.75, 3.05) is 6.26 Å². The van der Waals surface area contributed by atoms with Crippen molar-refractivity contribution >= 4 is 15.9 Å². The third-order valence-corrected chi connectivity index (χ3v) is 4.02. The van der Waals surface area contributed by atoms with Crippen LogP contribution in [0, 0.1) is 0 Å². The SMILES string of the molecule is CC(C)(C)OC(=O)NC1CC(S(C)(=O)=O)C1. The average Bonchev–Trinajstić information content (AvgIpc) is 1.89. The fourth-order valence-electron chi connectivity index (χ4n) is 1.51. The first-order valence-corrected chi connectivity index (χ1v) is 7.22. The summed E-state index contributed by atoms with van der Waals surface area (Å²) in [6.45, 7) is 5.35. The van der Waals surface area contributed by atoms with Gasteiger partial charge in [0.15, 0.2) is 0 Å². The van der Waals surface area contributed by atoms with Crippen LogP contribution in [-0.4, -0.2) is 37.7 Å².